The van der Waals surface area contributed by atoms with Crippen LogP contribution in [0.25, 0.3) is 10.9 Å². The van der Waals surface area contributed by atoms with Gasteiger partial charge in [0, 0.05) is 47.5 Å². The smallest absolute Gasteiger partial charge is 0.253 e. The minimum absolute atomic E-state index is 0.0620. The van der Waals surface area contributed by atoms with E-state index in [4.69, 9.17) is 4.74 Å². The van der Waals surface area contributed by atoms with E-state index in [-0.39, 0.29) is 5.56 Å². The third-order valence-corrected chi connectivity index (χ3v) is 5.58. The Kier molecular flexibility index (Phi) is 5.74. The standard InChI is InChI=1S/C24H29N3O2/c1-3-29-22-10-11-23-18(14-22)13-19(24(28)26-23)15-25-20-6-8-21(9-7-20)27-12-4-5-17(2)16-27/h6-11,13-14,17,25H,3-5,12,15-16H2,1-2H3,(H,26,28)/t17-/m1/s1. The molecule has 1 atom stereocenters. The molecule has 0 spiro atoms. The van der Waals surface area contributed by atoms with E-state index in [0.717, 1.165) is 41.3 Å². The highest BCUT2D eigenvalue weighted by Crippen LogP contribution is 2.24. The van der Waals surface area contributed by atoms with Crippen LogP contribution in [0.15, 0.2) is 53.3 Å². The van der Waals surface area contributed by atoms with Gasteiger partial charge in [0.1, 0.15) is 5.75 Å². The van der Waals surface area contributed by atoms with Crippen molar-refractivity contribution in [2.75, 3.05) is 29.9 Å². The van der Waals surface area contributed by atoms with Crippen molar-refractivity contribution in [3.63, 3.8) is 0 Å². The van der Waals surface area contributed by atoms with Gasteiger partial charge in [-0.3, -0.25) is 4.79 Å². The average Bonchev–Trinajstić information content (AvgIpc) is 2.73. The van der Waals surface area contributed by atoms with Crippen molar-refractivity contribution in [3.8, 4) is 5.75 Å². The number of aromatic nitrogens is 1. The Morgan fingerprint density at radius 2 is 2.00 bits per heavy atom. The van der Waals surface area contributed by atoms with E-state index in [2.05, 4.69) is 46.4 Å². The summed E-state index contributed by atoms with van der Waals surface area (Å²) < 4.78 is 5.57. The number of anilines is 2. The highest BCUT2D eigenvalue weighted by Gasteiger charge is 2.16. The number of aromatic amines is 1. The van der Waals surface area contributed by atoms with Crippen LogP contribution < -0.4 is 20.5 Å². The predicted molar refractivity (Wildman–Crippen MR) is 120 cm³/mol. The van der Waals surface area contributed by atoms with Crippen LogP contribution in [-0.4, -0.2) is 24.7 Å². The third kappa shape index (κ3) is 4.56. The maximum atomic E-state index is 12.4. The van der Waals surface area contributed by atoms with Gasteiger partial charge >= 0.3 is 0 Å². The molecular formula is C24H29N3O2. The first-order chi connectivity index (χ1) is 14.1. The van der Waals surface area contributed by atoms with E-state index in [9.17, 15) is 4.79 Å². The summed E-state index contributed by atoms with van der Waals surface area (Å²) in [6.45, 7) is 7.64. The lowest BCUT2D eigenvalue weighted by Crippen LogP contribution is -2.34. The van der Waals surface area contributed by atoms with Crippen LogP contribution in [0, 0.1) is 5.92 Å². The predicted octanol–water partition coefficient (Wildman–Crippen LogP) is 4.78. The van der Waals surface area contributed by atoms with Gasteiger partial charge in [0.2, 0.25) is 0 Å². The monoisotopic (exact) mass is 391 g/mol. The molecule has 0 unspecified atom stereocenters. The Balaban J connectivity index is 1.46. The second kappa shape index (κ2) is 8.60. The first-order valence-corrected chi connectivity index (χ1v) is 10.5. The second-order valence-corrected chi connectivity index (χ2v) is 7.90. The molecule has 5 nitrogen and oxygen atoms in total. The molecule has 0 bridgehead atoms. The first kappa shape index (κ1) is 19.4. The van der Waals surface area contributed by atoms with E-state index in [0.29, 0.717) is 18.7 Å². The zero-order valence-corrected chi connectivity index (χ0v) is 17.2. The van der Waals surface area contributed by atoms with Crippen LogP contribution >= 0.6 is 0 Å². The number of hydrogen-bond donors (Lipinski definition) is 2. The number of H-pyrrole nitrogens is 1. The van der Waals surface area contributed by atoms with Gasteiger partial charge in [-0.15, -0.1) is 0 Å². The van der Waals surface area contributed by atoms with Gasteiger partial charge in [-0.2, -0.15) is 0 Å². The van der Waals surface area contributed by atoms with Crippen molar-refractivity contribution >= 4 is 22.3 Å². The third-order valence-electron chi connectivity index (χ3n) is 5.58. The van der Waals surface area contributed by atoms with Crippen LogP contribution in [0.4, 0.5) is 11.4 Å². The first-order valence-electron chi connectivity index (χ1n) is 10.5. The van der Waals surface area contributed by atoms with Gasteiger partial charge in [-0.1, -0.05) is 6.92 Å². The molecule has 1 aliphatic heterocycles. The van der Waals surface area contributed by atoms with Gasteiger partial charge < -0.3 is 19.9 Å². The van der Waals surface area contributed by atoms with E-state index < -0.39 is 0 Å². The molecule has 0 saturated carbocycles. The maximum Gasteiger partial charge on any atom is 0.253 e. The van der Waals surface area contributed by atoms with E-state index in [1.54, 1.807) is 0 Å². The van der Waals surface area contributed by atoms with Gasteiger partial charge in [-0.25, -0.2) is 0 Å². The summed E-state index contributed by atoms with van der Waals surface area (Å²) in [5.74, 6) is 1.57. The number of fused-ring (bicyclic) bond motifs is 1. The molecule has 29 heavy (non-hydrogen) atoms. The highest BCUT2D eigenvalue weighted by molar-refractivity contribution is 5.80. The summed E-state index contributed by atoms with van der Waals surface area (Å²) in [7, 11) is 0. The van der Waals surface area contributed by atoms with Crippen LogP contribution in [0.2, 0.25) is 0 Å². The number of benzene rings is 2. The average molecular weight is 392 g/mol. The Hall–Kier alpha value is -2.95. The molecule has 2 heterocycles. The number of rotatable bonds is 6. The minimum Gasteiger partial charge on any atom is -0.494 e. The van der Waals surface area contributed by atoms with E-state index in [1.165, 1.54) is 18.5 Å². The molecule has 1 fully saturated rings. The van der Waals surface area contributed by atoms with Gasteiger partial charge in [-0.05, 0) is 74.2 Å². The normalized spacial score (nSPS) is 16.8. The topological polar surface area (TPSA) is 57.4 Å². The summed E-state index contributed by atoms with van der Waals surface area (Å²) in [5, 5.41) is 4.35. The summed E-state index contributed by atoms with van der Waals surface area (Å²) >= 11 is 0. The molecule has 2 aromatic carbocycles. The molecular weight excluding hydrogens is 362 g/mol. The zero-order valence-electron chi connectivity index (χ0n) is 17.2. The summed E-state index contributed by atoms with van der Waals surface area (Å²) in [5.41, 5.74) is 3.76. The van der Waals surface area contributed by atoms with Crippen molar-refractivity contribution in [1.29, 1.82) is 0 Å². The molecule has 5 heteroatoms. The van der Waals surface area contributed by atoms with E-state index >= 15 is 0 Å². The SMILES string of the molecule is CCOc1ccc2[nH]c(=O)c(CNc3ccc(N4CCC[C@@H](C)C4)cc3)cc2c1. The highest BCUT2D eigenvalue weighted by atomic mass is 16.5. The molecule has 0 aliphatic carbocycles. The number of nitrogens with one attached hydrogen (secondary N) is 2. The number of nitrogens with zero attached hydrogens (tertiary/aromatic N) is 1. The van der Waals surface area contributed by atoms with Crippen molar-refractivity contribution in [2.24, 2.45) is 5.92 Å². The molecule has 1 saturated heterocycles. The molecule has 152 valence electrons. The largest absolute Gasteiger partial charge is 0.494 e. The van der Waals surface area contributed by atoms with Crippen molar-refractivity contribution in [1.82, 2.24) is 4.98 Å². The molecule has 0 amide bonds. The Labute approximate surface area is 171 Å². The lowest BCUT2D eigenvalue weighted by molar-refractivity contribution is 0.340. The summed E-state index contributed by atoms with van der Waals surface area (Å²) in [6.07, 6.45) is 2.58. The quantitative estimate of drug-likeness (QED) is 0.635. The number of pyridine rings is 1. The van der Waals surface area contributed by atoms with Crippen LogP contribution in [0.1, 0.15) is 32.3 Å². The lowest BCUT2D eigenvalue weighted by Gasteiger charge is -2.32. The minimum atomic E-state index is -0.0620. The fourth-order valence-electron chi connectivity index (χ4n) is 4.03. The molecule has 3 aromatic rings. The molecule has 1 aliphatic rings. The summed E-state index contributed by atoms with van der Waals surface area (Å²) in [6, 6.07) is 16.2. The second-order valence-electron chi connectivity index (χ2n) is 7.90. The Morgan fingerprint density at radius 3 is 2.76 bits per heavy atom. The lowest BCUT2D eigenvalue weighted by atomic mass is 10.00. The van der Waals surface area contributed by atoms with Crippen molar-refractivity contribution in [3.05, 3.63) is 64.4 Å². The fourth-order valence-corrected chi connectivity index (χ4v) is 4.03. The Morgan fingerprint density at radius 1 is 1.17 bits per heavy atom. The molecule has 1 aromatic heterocycles. The zero-order chi connectivity index (χ0) is 20.2. The number of hydrogen-bond acceptors (Lipinski definition) is 4. The van der Waals surface area contributed by atoms with E-state index in [1.807, 2.05) is 31.2 Å². The van der Waals surface area contributed by atoms with Crippen LogP contribution in [-0.2, 0) is 6.54 Å². The van der Waals surface area contributed by atoms with Crippen molar-refractivity contribution in [2.45, 2.75) is 33.2 Å². The molecule has 2 N–H and O–H groups in total. The van der Waals surface area contributed by atoms with Gasteiger partial charge in [0.25, 0.3) is 5.56 Å². The fraction of sp³-hybridized carbons (Fsp3) is 0.375. The molecule has 0 radical (unpaired) electrons. The number of piperidine rings is 1. The molecule has 4 rings (SSSR count). The Bertz CT molecular complexity index is 1030. The van der Waals surface area contributed by atoms with Crippen LogP contribution in [0.3, 0.4) is 0 Å². The van der Waals surface area contributed by atoms with Gasteiger partial charge in [0.05, 0.1) is 6.61 Å². The summed E-state index contributed by atoms with van der Waals surface area (Å²) in [4.78, 5) is 17.8. The van der Waals surface area contributed by atoms with Crippen molar-refractivity contribution < 1.29 is 4.74 Å². The number of ether oxygens (including phenoxy) is 1. The maximum absolute atomic E-state index is 12.4. The van der Waals surface area contributed by atoms with Crippen LogP contribution in [0.5, 0.6) is 5.75 Å². The van der Waals surface area contributed by atoms with Gasteiger partial charge in [0.15, 0.2) is 0 Å².